The van der Waals surface area contributed by atoms with Gasteiger partial charge in [-0.25, -0.2) is 0 Å². The van der Waals surface area contributed by atoms with Gasteiger partial charge in [-0.15, -0.1) is 0 Å². The molecule has 0 aliphatic carbocycles. The van der Waals surface area contributed by atoms with E-state index in [1.54, 1.807) is 7.11 Å². The van der Waals surface area contributed by atoms with Gasteiger partial charge >= 0.3 is 0 Å². The molecule has 0 aromatic heterocycles. The fourth-order valence-corrected chi connectivity index (χ4v) is 2.66. The molecule has 118 valence electrons. The van der Waals surface area contributed by atoms with Crippen LogP contribution in [0.25, 0.3) is 0 Å². The van der Waals surface area contributed by atoms with Crippen LogP contribution < -0.4 is 5.32 Å². The number of nitrogens with one attached hydrogen (secondary N) is 1. The summed E-state index contributed by atoms with van der Waals surface area (Å²) in [4.78, 5) is 0. The highest BCUT2D eigenvalue weighted by Gasteiger charge is 2.32. The highest BCUT2D eigenvalue weighted by molar-refractivity contribution is 5.13. The monoisotopic (exact) mass is 293 g/mol. The molecule has 4 heteroatoms. The molecule has 0 amide bonds. The van der Waals surface area contributed by atoms with Crippen LogP contribution in [0.15, 0.2) is 30.3 Å². The van der Waals surface area contributed by atoms with E-state index in [1.165, 1.54) is 5.56 Å². The lowest BCUT2D eigenvalue weighted by atomic mass is 9.81. The average molecular weight is 293 g/mol. The predicted molar refractivity (Wildman–Crippen MR) is 83.3 cm³/mol. The van der Waals surface area contributed by atoms with Crippen molar-refractivity contribution < 1.29 is 14.2 Å². The van der Waals surface area contributed by atoms with Crippen LogP contribution in [0.4, 0.5) is 0 Å². The number of hydrogen-bond donors (Lipinski definition) is 1. The van der Waals surface area contributed by atoms with Crippen molar-refractivity contribution in [2.45, 2.75) is 19.4 Å². The maximum atomic E-state index is 5.99. The van der Waals surface area contributed by atoms with Crippen molar-refractivity contribution >= 4 is 0 Å². The quantitative estimate of drug-likeness (QED) is 0.709. The molecule has 2 rings (SSSR count). The van der Waals surface area contributed by atoms with Gasteiger partial charge in [0.05, 0.1) is 19.8 Å². The molecule has 0 saturated carbocycles. The fraction of sp³-hybridized carbons (Fsp3) is 0.647. The van der Waals surface area contributed by atoms with Crippen molar-refractivity contribution in [2.75, 3.05) is 46.6 Å². The Morgan fingerprint density at radius 3 is 2.67 bits per heavy atom. The zero-order chi connectivity index (χ0) is 14.8. The largest absolute Gasteiger partial charge is 0.383 e. The van der Waals surface area contributed by atoms with Crippen LogP contribution in [-0.4, -0.2) is 46.6 Å². The zero-order valence-electron chi connectivity index (χ0n) is 13.0. The number of methoxy groups -OCH3 is 1. The van der Waals surface area contributed by atoms with Crippen LogP contribution in [-0.2, 0) is 20.8 Å². The summed E-state index contributed by atoms with van der Waals surface area (Å²) < 4.78 is 16.6. The summed E-state index contributed by atoms with van der Waals surface area (Å²) in [6, 6.07) is 10.3. The van der Waals surface area contributed by atoms with Gasteiger partial charge in [-0.1, -0.05) is 30.3 Å². The number of hydrogen-bond acceptors (Lipinski definition) is 4. The van der Waals surface area contributed by atoms with E-state index >= 15 is 0 Å². The predicted octanol–water partition coefficient (Wildman–Crippen LogP) is 2.24. The van der Waals surface area contributed by atoms with Crippen molar-refractivity contribution in [3.63, 3.8) is 0 Å². The number of rotatable bonds is 9. The van der Waals surface area contributed by atoms with Crippen LogP contribution in [0, 0.1) is 5.41 Å². The minimum absolute atomic E-state index is 0.195. The van der Waals surface area contributed by atoms with E-state index in [4.69, 9.17) is 14.2 Å². The molecule has 21 heavy (non-hydrogen) atoms. The Morgan fingerprint density at radius 2 is 1.95 bits per heavy atom. The lowest BCUT2D eigenvalue weighted by Gasteiger charge is -2.37. The third-order valence-electron chi connectivity index (χ3n) is 4.06. The molecule has 0 radical (unpaired) electrons. The summed E-state index contributed by atoms with van der Waals surface area (Å²) in [5.74, 6) is 0. The molecule has 0 spiro atoms. The van der Waals surface area contributed by atoms with Gasteiger partial charge in [0, 0.05) is 38.8 Å². The number of ether oxygens (including phenoxy) is 3. The Bertz CT molecular complexity index is 377. The third-order valence-corrected chi connectivity index (χ3v) is 4.06. The molecule has 1 aromatic rings. The summed E-state index contributed by atoms with van der Waals surface area (Å²) in [6.07, 6.45) is 2.11. The molecule has 0 atom stereocenters. The normalized spacial score (nSPS) is 17.8. The van der Waals surface area contributed by atoms with Gasteiger partial charge in [0.1, 0.15) is 0 Å². The summed E-state index contributed by atoms with van der Waals surface area (Å²) in [6.45, 7) is 5.73. The van der Waals surface area contributed by atoms with Crippen molar-refractivity contribution in [1.29, 1.82) is 0 Å². The van der Waals surface area contributed by atoms with Gasteiger partial charge < -0.3 is 19.5 Å². The van der Waals surface area contributed by atoms with Crippen LogP contribution in [0.3, 0.4) is 0 Å². The molecule has 1 heterocycles. The van der Waals surface area contributed by atoms with Gasteiger partial charge in [-0.3, -0.25) is 0 Å². The lowest BCUT2D eigenvalue weighted by molar-refractivity contribution is -0.0433. The molecular weight excluding hydrogens is 266 g/mol. The van der Waals surface area contributed by atoms with E-state index in [0.29, 0.717) is 6.61 Å². The van der Waals surface area contributed by atoms with Crippen LogP contribution in [0.5, 0.6) is 0 Å². The summed E-state index contributed by atoms with van der Waals surface area (Å²) >= 11 is 0. The van der Waals surface area contributed by atoms with Crippen molar-refractivity contribution in [2.24, 2.45) is 5.41 Å². The SMILES string of the molecule is COCCNCC1(COCc2ccccc2)CCOCC1. The van der Waals surface area contributed by atoms with Gasteiger partial charge in [-0.05, 0) is 18.4 Å². The Labute approximate surface area is 127 Å². The van der Waals surface area contributed by atoms with Crippen molar-refractivity contribution in [3.8, 4) is 0 Å². The first-order valence-electron chi connectivity index (χ1n) is 7.74. The first-order valence-corrected chi connectivity index (χ1v) is 7.74. The third kappa shape index (κ3) is 5.75. The van der Waals surface area contributed by atoms with Crippen molar-refractivity contribution in [1.82, 2.24) is 5.32 Å². The smallest absolute Gasteiger partial charge is 0.0717 e. The summed E-state index contributed by atoms with van der Waals surface area (Å²) in [5.41, 5.74) is 1.42. The Morgan fingerprint density at radius 1 is 1.19 bits per heavy atom. The lowest BCUT2D eigenvalue weighted by Crippen LogP contribution is -2.43. The van der Waals surface area contributed by atoms with Gasteiger partial charge in [0.2, 0.25) is 0 Å². The molecular formula is C17H27NO3. The van der Waals surface area contributed by atoms with E-state index in [1.807, 2.05) is 6.07 Å². The highest BCUT2D eigenvalue weighted by atomic mass is 16.5. The molecule has 0 bridgehead atoms. The zero-order valence-corrected chi connectivity index (χ0v) is 13.0. The van der Waals surface area contributed by atoms with Crippen molar-refractivity contribution in [3.05, 3.63) is 35.9 Å². The maximum Gasteiger partial charge on any atom is 0.0717 e. The number of benzene rings is 1. The Hall–Kier alpha value is -0.940. The van der Waals surface area contributed by atoms with E-state index in [2.05, 4.69) is 29.6 Å². The Kier molecular flexibility index (Phi) is 7.16. The van der Waals surface area contributed by atoms with Gasteiger partial charge in [0.15, 0.2) is 0 Å². The first-order chi connectivity index (χ1) is 10.3. The summed E-state index contributed by atoms with van der Waals surface area (Å²) in [5, 5.41) is 3.48. The minimum Gasteiger partial charge on any atom is -0.383 e. The second kappa shape index (κ2) is 9.15. The van der Waals surface area contributed by atoms with Gasteiger partial charge in [-0.2, -0.15) is 0 Å². The maximum absolute atomic E-state index is 5.99. The first kappa shape index (κ1) is 16.4. The summed E-state index contributed by atoms with van der Waals surface area (Å²) in [7, 11) is 1.73. The van der Waals surface area contributed by atoms with Gasteiger partial charge in [0.25, 0.3) is 0 Å². The average Bonchev–Trinajstić information content (AvgIpc) is 2.54. The molecule has 1 N–H and O–H groups in total. The molecule has 1 aromatic carbocycles. The van der Waals surface area contributed by atoms with E-state index in [0.717, 1.165) is 52.4 Å². The van der Waals surface area contributed by atoms with Crippen LogP contribution in [0.2, 0.25) is 0 Å². The van der Waals surface area contributed by atoms with Crippen LogP contribution in [0.1, 0.15) is 18.4 Å². The molecule has 1 aliphatic rings. The molecule has 0 unspecified atom stereocenters. The van der Waals surface area contributed by atoms with E-state index in [-0.39, 0.29) is 5.41 Å². The molecule has 1 saturated heterocycles. The topological polar surface area (TPSA) is 39.7 Å². The van der Waals surface area contributed by atoms with Crippen LogP contribution >= 0.6 is 0 Å². The second-order valence-electron chi connectivity index (χ2n) is 5.76. The molecule has 1 aliphatic heterocycles. The fourth-order valence-electron chi connectivity index (χ4n) is 2.66. The standard InChI is InChI=1S/C17H27NO3/c1-19-12-9-18-14-17(7-10-20-11-8-17)15-21-13-16-5-3-2-4-6-16/h2-6,18H,7-15H2,1H3. The molecule has 1 fully saturated rings. The second-order valence-corrected chi connectivity index (χ2v) is 5.76. The van der Waals surface area contributed by atoms with E-state index < -0.39 is 0 Å². The molecule has 4 nitrogen and oxygen atoms in total. The van der Waals surface area contributed by atoms with E-state index in [9.17, 15) is 0 Å². The highest BCUT2D eigenvalue weighted by Crippen LogP contribution is 2.30. The Balaban J connectivity index is 1.78. The minimum atomic E-state index is 0.195.